The number of hydrogen-bond donors (Lipinski definition) is 3. The van der Waals surface area contributed by atoms with Gasteiger partial charge in [-0.1, -0.05) is 6.07 Å². The van der Waals surface area contributed by atoms with Crippen LogP contribution >= 0.6 is 22.6 Å². The van der Waals surface area contributed by atoms with Crippen LogP contribution in [0.2, 0.25) is 0 Å². The molecule has 0 aromatic heterocycles. The zero-order valence-corrected chi connectivity index (χ0v) is 9.08. The van der Waals surface area contributed by atoms with Crippen molar-refractivity contribution in [1.29, 1.82) is 0 Å². The topological polar surface area (TPSA) is 64.1 Å². The van der Waals surface area contributed by atoms with Crippen LogP contribution in [0.25, 0.3) is 0 Å². The minimum Gasteiger partial charge on any atom is -0.304 e. The number of benzene rings is 1. The van der Waals surface area contributed by atoms with Crippen molar-refractivity contribution in [2.45, 2.75) is 12.8 Å². The van der Waals surface area contributed by atoms with Gasteiger partial charge < -0.3 is 11.5 Å². The zero-order valence-electron chi connectivity index (χ0n) is 6.93. The first-order valence-electron chi connectivity index (χ1n) is 3.78. The smallest absolute Gasteiger partial charge is 0.136 e. The van der Waals surface area contributed by atoms with Gasteiger partial charge in [-0.15, -0.1) is 0 Å². The fourth-order valence-electron chi connectivity index (χ4n) is 0.885. The highest BCUT2D eigenvalue weighted by atomic mass is 127. The number of halogens is 2. The average molecular weight is 295 g/mol. The van der Waals surface area contributed by atoms with Crippen LogP contribution < -0.4 is 16.8 Å². The van der Waals surface area contributed by atoms with Crippen molar-refractivity contribution in [2.75, 3.05) is 0 Å². The van der Waals surface area contributed by atoms with Gasteiger partial charge in [0, 0.05) is 10.1 Å². The van der Waals surface area contributed by atoms with Crippen molar-refractivity contribution in [3.63, 3.8) is 0 Å². The molecule has 0 fully saturated rings. The Bertz CT molecular complexity index is 291. The van der Waals surface area contributed by atoms with E-state index in [1.807, 2.05) is 22.6 Å². The molecule has 72 valence electrons. The molecule has 0 heterocycles. The summed E-state index contributed by atoms with van der Waals surface area (Å²) in [5, 5.41) is 2.84. The second-order valence-corrected chi connectivity index (χ2v) is 3.82. The molecule has 5 heteroatoms. The Labute approximate surface area is 89.8 Å². The molecule has 0 aliphatic carbocycles. The van der Waals surface area contributed by atoms with Gasteiger partial charge in [0.25, 0.3) is 0 Å². The van der Waals surface area contributed by atoms with Gasteiger partial charge in [-0.25, -0.2) is 4.39 Å². The predicted octanol–water partition coefficient (Wildman–Crippen LogP) is 0.721. The number of nitrogens with one attached hydrogen (secondary N) is 1. The van der Waals surface area contributed by atoms with E-state index >= 15 is 0 Å². The third kappa shape index (κ3) is 3.55. The summed E-state index contributed by atoms with van der Waals surface area (Å²) >= 11 is 1.94. The van der Waals surface area contributed by atoms with Crippen molar-refractivity contribution in [1.82, 2.24) is 5.32 Å². The Kier molecular flexibility index (Phi) is 4.04. The summed E-state index contributed by atoms with van der Waals surface area (Å²) in [5.41, 5.74) is 11.6. The SMILES string of the molecule is NC(N)NCc1ccc(F)c(I)c1. The van der Waals surface area contributed by atoms with Crippen LogP contribution in [0.3, 0.4) is 0 Å². The maximum absolute atomic E-state index is 12.8. The highest BCUT2D eigenvalue weighted by Crippen LogP contribution is 2.12. The summed E-state index contributed by atoms with van der Waals surface area (Å²) < 4.78 is 13.4. The molecule has 5 N–H and O–H groups in total. The van der Waals surface area contributed by atoms with Crippen molar-refractivity contribution >= 4 is 22.6 Å². The molecule has 1 rings (SSSR count). The van der Waals surface area contributed by atoms with Gasteiger partial charge in [-0.2, -0.15) is 0 Å². The molecular weight excluding hydrogens is 284 g/mol. The van der Waals surface area contributed by atoms with Crippen LogP contribution in [0.5, 0.6) is 0 Å². The molecule has 0 radical (unpaired) electrons. The third-order valence-corrected chi connectivity index (χ3v) is 2.35. The molecule has 0 saturated carbocycles. The van der Waals surface area contributed by atoms with E-state index in [-0.39, 0.29) is 5.82 Å². The molecule has 0 unspecified atom stereocenters. The van der Waals surface area contributed by atoms with Crippen molar-refractivity contribution < 1.29 is 4.39 Å². The normalized spacial score (nSPS) is 10.8. The monoisotopic (exact) mass is 295 g/mol. The zero-order chi connectivity index (χ0) is 9.84. The number of rotatable bonds is 3. The number of nitrogens with two attached hydrogens (primary N) is 2. The van der Waals surface area contributed by atoms with Crippen LogP contribution in [-0.4, -0.2) is 6.29 Å². The summed E-state index contributed by atoms with van der Waals surface area (Å²) in [5.74, 6) is -0.207. The van der Waals surface area contributed by atoms with Crippen molar-refractivity contribution in [3.8, 4) is 0 Å². The summed E-state index contributed by atoms with van der Waals surface area (Å²) in [6, 6.07) is 4.89. The first-order chi connectivity index (χ1) is 6.09. The maximum Gasteiger partial charge on any atom is 0.136 e. The first-order valence-corrected chi connectivity index (χ1v) is 4.86. The summed E-state index contributed by atoms with van der Waals surface area (Å²) in [4.78, 5) is 0. The number of hydrogen-bond acceptors (Lipinski definition) is 3. The molecule has 0 bridgehead atoms. The lowest BCUT2D eigenvalue weighted by Gasteiger charge is -2.08. The molecule has 0 aliphatic heterocycles. The highest BCUT2D eigenvalue weighted by molar-refractivity contribution is 14.1. The Balaban J connectivity index is 2.63. The van der Waals surface area contributed by atoms with Gasteiger partial charge in [-0.3, -0.25) is 5.32 Å². The summed E-state index contributed by atoms with van der Waals surface area (Å²) in [6.45, 7) is 0.550. The van der Waals surface area contributed by atoms with Gasteiger partial charge >= 0.3 is 0 Å². The standard InChI is InChI=1S/C8H11FIN3/c9-6-2-1-5(3-7(6)10)4-13-8(11)12/h1-3,8,13H,4,11-12H2. The van der Waals surface area contributed by atoms with Crippen LogP contribution in [0.1, 0.15) is 5.56 Å². The average Bonchev–Trinajstić information content (AvgIpc) is 2.07. The Morgan fingerprint density at radius 2 is 2.15 bits per heavy atom. The predicted molar refractivity (Wildman–Crippen MR) is 58.1 cm³/mol. The van der Waals surface area contributed by atoms with Gasteiger partial charge in [0.1, 0.15) is 12.1 Å². The summed E-state index contributed by atoms with van der Waals surface area (Å²) in [7, 11) is 0. The minimum absolute atomic E-state index is 0.207. The second-order valence-electron chi connectivity index (χ2n) is 2.66. The van der Waals surface area contributed by atoms with E-state index in [4.69, 9.17) is 11.5 Å². The third-order valence-electron chi connectivity index (χ3n) is 1.53. The highest BCUT2D eigenvalue weighted by Gasteiger charge is 2.00. The molecule has 0 amide bonds. The lowest BCUT2D eigenvalue weighted by molar-refractivity contribution is 0.543. The van der Waals surface area contributed by atoms with E-state index in [1.165, 1.54) is 6.07 Å². The van der Waals surface area contributed by atoms with Crippen LogP contribution in [0, 0.1) is 9.39 Å². The molecule has 3 nitrogen and oxygen atoms in total. The van der Waals surface area contributed by atoms with E-state index in [1.54, 1.807) is 12.1 Å². The Morgan fingerprint density at radius 3 is 2.69 bits per heavy atom. The molecule has 1 aromatic carbocycles. The largest absolute Gasteiger partial charge is 0.304 e. The van der Waals surface area contributed by atoms with Crippen molar-refractivity contribution in [3.05, 3.63) is 33.1 Å². The molecule has 13 heavy (non-hydrogen) atoms. The Morgan fingerprint density at radius 1 is 1.46 bits per heavy atom. The lowest BCUT2D eigenvalue weighted by atomic mass is 10.2. The quantitative estimate of drug-likeness (QED) is 0.569. The molecule has 0 saturated heterocycles. The molecule has 1 aromatic rings. The molecule has 0 aliphatic rings. The fourth-order valence-corrected chi connectivity index (χ4v) is 1.47. The summed E-state index contributed by atoms with van der Waals surface area (Å²) in [6.07, 6.45) is -0.539. The minimum atomic E-state index is -0.539. The molecular formula is C8H11FIN3. The molecule has 0 atom stereocenters. The second kappa shape index (κ2) is 4.85. The van der Waals surface area contributed by atoms with Crippen molar-refractivity contribution in [2.24, 2.45) is 11.5 Å². The van der Waals surface area contributed by atoms with Crippen LogP contribution in [0.15, 0.2) is 18.2 Å². The maximum atomic E-state index is 12.8. The van der Waals surface area contributed by atoms with Gasteiger partial charge in [0.15, 0.2) is 0 Å². The first kappa shape index (κ1) is 10.8. The van der Waals surface area contributed by atoms with Crippen LogP contribution in [0.4, 0.5) is 4.39 Å². The van der Waals surface area contributed by atoms with E-state index < -0.39 is 6.29 Å². The van der Waals surface area contributed by atoms with Gasteiger partial charge in [0.2, 0.25) is 0 Å². The van der Waals surface area contributed by atoms with Gasteiger partial charge in [-0.05, 0) is 40.3 Å². The van der Waals surface area contributed by atoms with E-state index in [2.05, 4.69) is 5.32 Å². The van der Waals surface area contributed by atoms with E-state index in [0.29, 0.717) is 10.1 Å². The van der Waals surface area contributed by atoms with Gasteiger partial charge in [0.05, 0.1) is 0 Å². The molecule has 0 spiro atoms. The fraction of sp³-hybridized carbons (Fsp3) is 0.250. The van der Waals surface area contributed by atoms with E-state index in [0.717, 1.165) is 5.56 Å². The Hall–Kier alpha value is -0.240. The lowest BCUT2D eigenvalue weighted by Crippen LogP contribution is -2.44. The van der Waals surface area contributed by atoms with E-state index in [9.17, 15) is 4.39 Å². The van der Waals surface area contributed by atoms with Crippen LogP contribution in [-0.2, 0) is 6.54 Å².